The molecule has 4 atom stereocenters. The number of nitrogens with zero attached hydrogens (tertiary/aromatic N) is 2. The van der Waals surface area contributed by atoms with Gasteiger partial charge in [-0.3, -0.25) is 4.90 Å². The molecule has 2 aliphatic carbocycles. The van der Waals surface area contributed by atoms with Crippen LogP contribution < -0.4 is 0 Å². The number of rotatable bonds is 3. The Balaban J connectivity index is 1.79. The molecule has 3 aliphatic rings. The highest BCUT2D eigenvalue weighted by molar-refractivity contribution is 5.94. The molecular formula is C14H24N2O2. The Morgan fingerprint density at radius 2 is 2.11 bits per heavy atom. The standard InChI is InChI=1S/C14H24N2O2/c17-8-6-12-3-1-2-7-16(12)14-11-5-4-10(9-11)13(14)15-18/h10-12,14,17-18H,1-9H2/b15-13+. The molecule has 1 heterocycles. The fourth-order valence-electron chi connectivity index (χ4n) is 4.48. The normalized spacial score (nSPS) is 42.8. The van der Waals surface area contributed by atoms with Crippen molar-refractivity contribution in [2.24, 2.45) is 17.0 Å². The number of fused-ring (bicyclic) bond motifs is 2. The third kappa shape index (κ3) is 1.95. The van der Waals surface area contributed by atoms with Gasteiger partial charge in [-0.1, -0.05) is 11.6 Å². The van der Waals surface area contributed by atoms with Crippen LogP contribution in [-0.4, -0.2) is 46.2 Å². The highest BCUT2D eigenvalue weighted by Gasteiger charge is 2.49. The number of aliphatic hydroxyl groups excluding tert-OH is 1. The molecule has 4 unspecified atom stereocenters. The lowest BCUT2D eigenvalue weighted by Gasteiger charge is -2.43. The number of likely N-dealkylation sites (tertiary alicyclic amines) is 1. The van der Waals surface area contributed by atoms with E-state index in [1.54, 1.807) is 0 Å². The summed E-state index contributed by atoms with van der Waals surface area (Å²) in [6.45, 7) is 1.38. The highest BCUT2D eigenvalue weighted by Crippen LogP contribution is 2.46. The second-order valence-electron chi connectivity index (χ2n) is 6.14. The molecule has 2 N–H and O–H groups in total. The molecule has 0 amide bonds. The molecule has 0 spiro atoms. The van der Waals surface area contributed by atoms with Crippen molar-refractivity contribution in [1.29, 1.82) is 0 Å². The molecule has 1 aliphatic heterocycles. The van der Waals surface area contributed by atoms with Crippen LogP contribution in [0.15, 0.2) is 5.16 Å². The van der Waals surface area contributed by atoms with Crippen LogP contribution in [0.5, 0.6) is 0 Å². The second kappa shape index (κ2) is 5.17. The van der Waals surface area contributed by atoms with Crippen LogP contribution in [0.25, 0.3) is 0 Å². The van der Waals surface area contributed by atoms with Crippen molar-refractivity contribution in [1.82, 2.24) is 4.90 Å². The molecule has 3 rings (SSSR count). The molecule has 18 heavy (non-hydrogen) atoms. The van der Waals surface area contributed by atoms with Crippen molar-refractivity contribution in [3.8, 4) is 0 Å². The Bertz CT molecular complexity index is 330. The molecule has 102 valence electrons. The molecule has 0 aromatic heterocycles. The zero-order valence-corrected chi connectivity index (χ0v) is 11.0. The molecule has 2 bridgehead atoms. The maximum atomic E-state index is 9.32. The van der Waals surface area contributed by atoms with E-state index in [-0.39, 0.29) is 6.61 Å². The van der Waals surface area contributed by atoms with Crippen molar-refractivity contribution in [3.05, 3.63) is 0 Å². The summed E-state index contributed by atoms with van der Waals surface area (Å²) in [5, 5.41) is 22.2. The lowest BCUT2D eigenvalue weighted by Crippen LogP contribution is -2.52. The lowest BCUT2D eigenvalue weighted by molar-refractivity contribution is 0.0795. The van der Waals surface area contributed by atoms with Gasteiger partial charge in [-0.05, 0) is 51.0 Å². The lowest BCUT2D eigenvalue weighted by atomic mass is 9.88. The summed E-state index contributed by atoms with van der Waals surface area (Å²) in [5.74, 6) is 1.22. The van der Waals surface area contributed by atoms with Crippen molar-refractivity contribution >= 4 is 5.71 Å². The first-order valence-corrected chi connectivity index (χ1v) is 7.43. The Kier molecular flexibility index (Phi) is 3.57. The maximum absolute atomic E-state index is 9.32. The fourth-order valence-corrected chi connectivity index (χ4v) is 4.48. The van der Waals surface area contributed by atoms with Gasteiger partial charge in [-0.25, -0.2) is 0 Å². The summed E-state index contributed by atoms with van der Waals surface area (Å²) in [7, 11) is 0. The van der Waals surface area contributed by atoms with Crippen LogP contribution in [0.4, 0.5) is 0 Å². The van der Waals surface area contributed by atoms with Crippen LogP contribution in [0, 0.1) is 11.8 Å². The van der Waals surface area contributed by atoms with Crippen molar-refractivity contribution < 1.29 is 10.3 Å². The molecule has 4 nitrogen and oxygen atoms in total. The van der Waals surface area contributed by atoms with Gasteiger partial charge in [0.1, 0.15) is 0 Å². The Labute approximate surface area is 109 Å². The number of aliphatic hydroxyl groups is 1. The largest absolute Gasteiger partial charge is 0.411 e. The van der Waals surface area contributed by atoms with Gasteiger partial charge >= 0.3 is 0 Å². The minimum Gasteiger partial charge on any atom is -0.411 e. The van der Waals surface area contributed by atoms with E-state index < -0.39 is 0 Å². The highest BCUT2D eigenvalue weighted by atomic mass is 16.4. The van der Waals surface area contributed by atoms with E-state index in [2.05, 4.69) is 10.1 Å². The first kappa shape index (κ1) is 12.4. The van der Waals surface area contributed by atoms with Crippen LogP contribution in [0.1, 0.15) is 44.9 Å². The molecule has 0 aromatic rings. The third-order valence-electron chi connectivity index (χ3n) is 5.25. The van der Waals surface area contributed by atoms with Gasteiger partial charge in [-0.15, -0.1) is 0 Å². The molecule has 0 aromatic carbocycles. The second-order valence-corrected chi connectivity index (χ2v) is 6.14. The van der Waals surface area contributed by atoms with Gasteiger partial charge in [0.25, 0.3) is 0 Å². The smallest absolute Gasteiger partial charge is 0.0775 e. The molecule has 3 fully saturated rings. The molecule has 0 radical (unpaired) electrons. The summed E-state index contributed by atoms with van der Waals surface area (Å²) in [4.78, 5) is 2.54. The zero-order valence-electron chi connectivity index (χ0n) is 11.0. The number of piperidine rings is 1. The first-order chi connectivity index (χ1) is 8.85. The van der Waals surface area contributed by atoms with E-state index in [4.69, 9.17) is 0 Å². The predicted octanol–water partition coefficient (Wildman–Crippen LogP) is 1.85. The number of oxime groups is 1. The summed E-state index contributed by atoms with van der Waals surface area (Å²) < 4.78 is 0. The van der Waals surface area contributed by atoms with E-state index in [0.717, 1.165) is 18.7 Å². The van der Waals surface area contributed by atoms with Crippen LogP contribution in [0.2, 0.25) is 0 Å². The van der Waals surface area contributed by atoms with Crippen molar-refractivity contribution in [2.75, 3.05) is 13.2 Å². The van der Waals surface area contributed by atoms with E-state index in [0.29, 0.717) is 23.9 Å². The molecular weight excluding hydrogens is 228 g/mol. The van der Waals surface area contributed by atoms with Gasteiger partial charge < -0.3 is 10.3 Å². The molecule has 1 saturated heterocycles. The first-order valence-electron chi connectivity index (χ1n) is 7.43. The van der Waals surface area contributed by atoms with Crippen molar-refractivity contribution in [2.45, 2.75) is 57.0 Å². The van der Waals surface area contributed by atoms with Crippen LogP contribution in [-0.2, 0) is 0 Å². The van der Waals surface area contributed by atoms with Gasteiger partial charge in [0.15, 0.2) is 0 Å². The van der Waals surface area contributed by atoms with Gasteiger partial charge in [0, 0.05) is 18.6 Å². The van der Waals surface area contributed by atoms with E-state index in [1.807, 2.05) is 0 Å². The summed E-state index contributed by atoms with van der Waals surface area (Å²) in [6.07, 6.45) is 8.28. The Hall–Kier alpha value is -0.610. The Morgan fingerprint density at radius 3 is 2.89 bits per heavy atom. The molecule has 2 saturated carbocycles. The fraction of sp³-hybridized carbons (Fsp3) is 0.929. The van der Waals surface area contributed by atoms with E-state index >= 15 is 0 Å². The minimum atomic E-state index is 0.271. The summed E-state index contributed by atoms with van der Waals surface area (Å²) in [6, 6.07) is 0.857. The average Bonchev–Trinajstić information content (AvgIpc) is 2.99. The quantitative estimate of drug-likeness (QED) is 0.595. The SMILES string of the molecule is OCCC1CCCCN1C1/C(=N/O)C2CCC1C2. The van der Waals surface area contributed by atoms with Crippen molar-refractivity contribution in [3.63, 3.8) is 0 Å². The van der Waals surface area contributed by atoms with Crippen LogP contribution >= 0.6 is 0 Å². The van der Waals surface area contributed by atoms with Crippen LogP contribution in [0.3, 0.4) is 0 Å². The minimum absolute atomic E-state index is 0.271. The zero-order chi connectivity index (χ0) is 12.5. The summed E-state index contributed by atoms with van der Waals surface area (Å²) >= 11 is 0. The number of hydrogen-bond acceptors (Lipinski definition) is 4. The van der Waals surface area contributed by atoms with E-state index in [1.165, 1.54) is 38.5 Å². The number of hydrogen-bond donors (Lipinski definition) is 2. The van der Waals surface area contributed by atoms with Gasteiger partial charge in [0.05, 0.1) is 11.8 Å². The third-order valence-corrected chi connectivity index (χ3v) is 5.25. The monoisotopic (exact) mass is 252 g/mol. The molecule has 4 heteroatoms. The average molecular weight is 252 g/mol. The summed E-state index contributed by atoms with van der Waals surface area (Å²) in [5.41, 5.74) is 1.04. The Morgan fingerprint density at radius 1 is 1.22 bits per heavy atom. The van der Waals surface area contributed by atoms with E-state index in [9.17, 15) is 10.3 Å². The topological polar surface area (TPSA) is 56.1 Å². The van der Waals surface area contributed by atoms with Gasteiger partial charge in [0.2, 0.25) is 0 Å². The van der Waals surface area contributed by atoms with Gasteiger partial charge in [-0.2, -0.15) is 0 Å². The maximum Gasteiger partial charge on any atom is 0.0775 e. The predicted molar refractivity (Wildman–Crippen MR) is 69.9 cm³/mol.